The Morgan fingerprint density at radius 3 is 2.42 bits per heavy atom. The SMILES string of the molecule is CC1(NC(N)=O)CC1.FC(F)(F)c1cc(Cl)ccc1Nc1ccccn1. The van der Waals surface area contributed by atoms with Crippen LogP contribution < -0.4 is 16.4 Å². The molecule has 0 spiro atoms. The second-order valence-corrected chi connectivity index (χ2v) is 6.51. The van der Waals surface area contributed by atoms with Gasteiger partial charge >= 0.3 is 12.2 Å². The molecule has 1 fully saturated rings. The zero-order valence-electron chi connectivity index (χ0n) is 13.9. The van der Waals surface area contributed by atoms with Gasteiger partial charge < -0.3 is 16.4 Å². The van der Waals surface area contributed by atoms with Gasteiger partial charge in [-0.3, -0.25) is 0 Å². The normalized spacial score (nSPS) is 14.7. The molecule has 0 saturated heterocycles. The molecule has 26 heavy (non-hydrogen) atoms. The molecule has 2 aromatic rings. The number of carbonyl (C=O) groups is 1. The van der Waals surface area contributed by atoms with Gasteiger partial charge in [-0.15, -0.1) is 0 Å². The molecule has 0 unspecified atom stereocenters. The number of primary amides is 1. The molecule has 1 saturated carbocycles. The van der Waals surface area contributed by atoms with Crippen LogP contribution in [0, 0.1) is 0 Å². The van der Waals surface area contributed by atoms with Crippen molar-refractivity contribution in [3.8, 4) is 0 Å². The van der Waals surface area contributed by atoms with Gasteiger partial charge in [0, 0.05) is 16.8 Å². The van der Waals surface area contributed by atoms with E-state index < -0.39 is 17.8 Å². The van der Waals surface area contributed by atoms with E-state index in [4.69, 9.17) is 17.3 Å². The molecular weight excluding hydrogens is 369 g/mol. The predicted molar refractivity (Wildman–Crippen MR) is 94.3 cm³/mol. The highest BCUT2D eigenvalue weighted by Crippen LogP contribution is 2.37. The van der Waals surface area contributed by atoms with Crippen LogP contribution in [0.25, 0.3) is 0 Å². The van der Waals surface area contributed by atoms with Gasteiger partial charge in [0.2, 0.25) is 0 Å². The number of hydrogen-bond donors (Lipinski definition) is 3. The fourth-order valence-electron chi connectivity index (χ4n) is 2.04. The summed E-state index contributed by atoms with van der Waals surface area (Å²) < 4.78 is 38.4. The fraction of sp³-hybridized carbons (Fsp3) is 0.294. The third-order valence-corrected chi connectivity index (χ3v) is 3.87. The van der Waals surface area contributed by atoms with Crippen molar-refractivity contribution in [2.24, 2.45) is 5.73 Å². The molecule has 3 rings (SSSR count). The van der Waals surface area contributed by atoms with Crippen molar-refractivity contribution in [1.29, 1.82) is 0 Å². The maximum Gasteiger partial charge on any atom is 0.418 e. The van der Waals surface area contributed by atoms with E-state index >= 15 is 0 Å². The molecule has 1 aromatic carbocycles. The van der Waals surface area contributed by atoms with Gasteiger partial charge in [0.1, 0.15) is 5.82 Å². The van der Waals surface area contributed by atoms with E-state index in [2.05, 4.69) is 15.6 Å². The van der Waals surface area contributed by atoms with E-state index in [1.165, 1.54) is 18.3 Å². The smallest absolute Gasteiger partial charge is 0.352 e. The van der Waals surface area contributed by atoms with Crippen molar-refractivity contribution in [3.05, 3.63) is 53.2 Å². The van der Waals surface area contributed by atoms with Crippen LogP contribution >= 0.6 is 11.6 Å². The number of urea groups is 1. The van der Waals surface area contributed by atoms with Crippen LogP contribution in [0.1, 0.15) is 25.3 Å². The first-order valence-corrected chi connectivity index (χ1v) is 8.09. The number of pyridine rings is 1. The molecule has 9 heteroatoms. The van der Waals surface area contributed by atoms with Gasteiger partial charge in [0.25, 0.3) is 0 Å². The van der Waals surface area contributed by atoms with E-state index in [-0.39, 0.29) is 16.2 Å². The molecule has 2 amide bonds. The molecular formula is C17H18ClF3N4O. The number of benzene rings is 1. The van der Waals surface area contributed by atoms with Crippen molar-refractivity contribution >= 4 is 29.1 Å². The number of anilines is 2. The Morgan fingerprint density at radius 2 is 1.96 bits per heavy atom. The Hall–Kier alpha value is -2.48. The van der Waals surface area contributed by atoms with Crippen molar-refractivity contribution in [1.82, 2.24) is 10.3 Å². The van der Waals surface area contributed by atoms with Gasteiger partial charge in [-0.05, 0) is 50.1 Å². The summed E-state index contributed by atoms with van der Waals surface area (Å²) >= 11 is 5.58. The Balaban J connectivity index is 0.000000254. The highest BCUT2D eigenvalue weighted by molar-refractivity contribution is 6.30. The molecule has 0 bridgehead atoms. The number of amides is 2. The zero-order valence-corrected chi connectivity index (χ0v) is 14.7. The van der Waals surface area contributed by atoms with Gasteiger partial charge in [-0.1, -0.05) is 17.7 Å². The highest BCUT2D eigenvalue weighted by atomic mass is 35.5. The average Bonchev–Trinajstić information content (AvgIpc) is 3.26. The van der Waals surface area contributed by atoms with Crippen LogP contribution in [-0.2, 0) is 6.18 Å². The standard InChI is InChI=1S/C12H8ClF3N2.C5H10N2O/c13-8-4-5-10(9(7-8)12(14,15)16)18-11-3-1-2-6-17-11;1-5(2-3-5)7-4(6)8/h1-7H,(H,17,18);2-3H2,1H3,(H3,6,7,8). The minimum absolute atomic E-state index is 0.0360. The lowest BCUT2D eigenvalue weighted by Crippen LogP contribution is -2.38. The van der Waals surface area contributed by atoms with Crippen LogP contribution in [0.3, 0.4) is 0 Å². The summed E-state index contributed by atoms with van der Waals surface area (Å²) in [6.45, 7) is 1.98. The number of nitrogens with two attached hydrogens (primary N) is 1. The Bertz CT molecular complexity index is 764. The molecule has 1 aliphatic carbocycles. The predicted octanol–water partition coefficient (Wildman–Crippen LogP) is 4.70. The van der Waals surface area contributed by atoms with Gasteiger partial charge in [0.05, 0.1) is 11.3 Å². The summed E-state index contributed by atoms with van der Waals surface area (Å²) in [7, 11) is 0. The molecule has 4 N–H and O–H groups in total. The lowest BCUT2D eigenvalue weighted by Gasteiger charge is -2.14. The number of alkyl halides is 3. The third kappa shape index (κ3) is 6.11. The summed E-state index contributed by atoms with van der Waals surface area (Å²) in [5, 5.41) is 5.28. The summed E-state index contributed by atoms with van der Waals surface area (Å²) in [4.78, 5) is 14.1. The van der Waals surface area contributed by atoms with E-state index in [1.54, 1.807) is 18.2 Å². The quantitative estimate of drug-likeness (QED) is 0.715. The highest BCUT2D eigenvalue weighted by Gasteiger charge is 2.38. The van der Waals surface area contributed by atoms with Crippen molar-refractivity contribution in [3.63, 3.8) is 0 Å². The molecule has 140 valence electrons. The topological polar surface area (TPSA) is 80.0 Å². The first kappa shape index (κ1) is 19.8. The van der Waals surface area contributed by atoms with E-state index in [0.717, 1.165) is 18.9 Å². The molecule has 0 radical (unpaired) electrons. The van der Waals surface area contributed by atoms with Crippen molar-refractivity contribution < 1.29 is 18.0 Å². The maximum absolute atomic E-state index is 12.8. The molecule has 1 heterocycles. The minimum atomic E-state index is -4.47. The van der Waals surface area contributed by atoms with Crippen molar-refractivity contribution in [2.45, 2.75) is 31.5 Å². The van der Waals surface area contributed by atoms with E-state index in [0.29, 0.717) is 5.82 Å². The summed E-state index contributed by atoms with van der Waals surface area (Å²) in [5.74, 6) is 0.338. The molecule has 0 aliphatic heterocycles. The number of carbonyl (C=O) groups excluding carboxylic acids is 1. The van der Waals surface area contributed by atoms with Crippen LogP contribution in [0.5, 0.6) is 0 Å². The Morgan fingerprint density at radius 1 is 1.27 bits per heavy atom. The second kappa shape index (κ2) is 7.82. The summed E-state index contributed by atoms with van der Waals surface area (Å²) in [6.07, 6.45) is -0.848. The van der Waals surface area contributed by atoms with Crippen LogP contribution in [0.4, 0.5) is 29.5 Å². The molecule has 1 aromatic heterocycles. The largest absolute Gasteiger partial charge is 0.418 e. The minimum Gasteiger partial charge on any atom is -0.352 e. The van der Waals surface area contributed by atoms with E-state index in [9.17, 15) is 18.0 Å². The third-order valence-electron chi connectivity index (χ3n) is 3.64. The lowest BCUT2D eigenvalue weighted by molar-refractivity contribution is -0.136. The van der Waals surface area contributed by atoms with Crippen molar-refractivity contribution in [2.75, 3.05) is 5.32 Å². The zero-order chi connectivity index (χ0) is 19.4. The second-order valence-electron chi connectivity index (χ2n) is 6.08. The van der Waals surface area contributed by atoms with Crippen LogP contribution in [0.15, 0.2) is 42.6 Å². The number of aromatic nitrogens is 1. The Kier molecular flexibility index (Phi) is 5.97. The number of nitrogens with one attached hydrogen (secondary N) is 2. The van der Waals surface area contributed by atoms with Crippen LogP contribution in [-0.4, -0.2) is 16.6 Å². The van der Waals surface area contributed by atoms with Gasteiger partial charge in [0.15, 0.2) is 0 Å². The number of rotatable bonds is 3. The molecule has 0 atom stereocenters. The van der Waals surface area contributed by atoms with Crippen LogP contribution in [0.2, 0.25) is 5.02 Å². The molecule has 1 aliphatic rings. The number of hydrogen-bond acceptors (Lipinski definition) is 3. The molecule has 5 nitrogen and oxygen atoms in total. The first-order chi connectivity index (χ1) is 12.1. The monoisotopic (exact) mass is 386 g/mol. The Labute approximate surface area is 153 Å². The number of halogens is 4. The van der Waals surface area contributed by atoms with E-state index in [1.807, 2.05) is 6.92 Å². The maximum atomic E-state index is 12.8. The van der Waals surface area contributed by atoms with Gasteiger partial charge in [-0.2, -0.15) is 13.2 Å². The summed E-state index contributed by atoms with van der Waals surface area (Å²) in [6, 6.07) is 8.07. The van der Waals surface area contributed by atoms with Gasteiger partial charge in [-0.25, -0.2) is 9.78 Å². The summed E-state index contributed by atoms with van der Waals surface area (Å²) in [5.41, 5.74) is 4.02. The average molecular weight is 387 g/mol. The fourth-order valence-corrected chi connectivity index (χ4v) is 2.22. The lowest BCUT2D eigenvalue weighted by atomic mass is 10.1. The number of nitrogens with zero attached hydrogens (tertiary/aromatic N) is 1. The first-order valence-electron chi connectivity index (χ1n) is 7.71.